The van der Waals surface area contributed by atoms with Crippen LogP contribution in [-0.4, -0.2) is 49.2 Å². The molecule has 1 saturated heterocycles. The summed E-state index contributed by atoms with van der Waals surface area (Å²) in [4.78, 5) is 25.6. The Kier molecular flexibility index (Phi) is 4.13. The summed E-state index contributed by atoms with van der Waals surface area (Å²) in [6.07, 6.45) is 1.68. The Morgan fingerprint density at radius 3 is 2.89 bits per heavy atom. The highest BCUT2D eigenvalue weighted by Gasteiger charge is 2.46. The molecular formula is C16H14F3N7O. The smallest absolute Gasteiger partial charge is 0.344 e. The molecule has 8 nitrogen and oxygen atoms in total. The maximum atomic E-state index is 13.2. The van der Waals surface area contributed by atoms with E-state index < -0.39 is 18.1 Å². The number of nitrogens with zero attached hydrogens (tertiary/aromatic N) is 6. The maximum Gasteiger partial charge on any atom is 0.408 e. The lowest BCUT2D eigenvalue weighted by Gasteiger charge is -2.27. The molecule has 1 fully saturated rings. The minimum atomic E-state index is -4.34. The third-order valence-electron chi connectivity index (χ3n) is 4.35. The number of hydrogen-bond donors (Lipinski definition) is 1. The SMILES string of the molecule is O=C(Nc1ccncn1)c1cnn2ccc(N3CCCC3C(F)(F)F)nc12. The van der Waals surface area contributed by atoms with E-state index in [9.17, 15) is 18.0 Å². The van der Waals surface area contributed by atoms with Crippen LogP contribution in [0.2, 0.25) is 0 Å². The lowest BCUT2D eigenvalue weighted by molar-refractivity contribution is -0.146. The Bertz CT molecular complexity index is 973. The fraction of sp³-hybridized carbons (Fsp3) is 0.312. The number of halogens is 3. The molecule has 3 aromatic rings. The van der Waals surface area contributed by atoms with Crippen LogP contribution in [0.4, 0.5) is 24.8 Å². The summed E-state index contributed by atoms with van der Waals surface area (Å²) < 4.78 is 41.1. The quantitative estimate of drug-likeness (QED) is 0.754. The lowest BCUT2D eigenvalue weighted by Crippen LogP contribution is -2.41. The molecule has 1 aliphatic heterocycles. The van der Waals surface area contributed by atoms with Gasteiger partial charge in [0.15, 0.2) is 5.65 Å². The van der Waals surface area contributed by atoms with Crippen LogP contribution in [0, 0.1) is 0 Å². The number of alkyl halides is 3. The fourth-order valence-electron chi connectivity index (χ4n) is 3.11. The van der Waals surface area contributed by atoms with Gasteiger partial charge in [0.25, 0.3) is 5.91 Å². The van der Waals surface area contributed by atoms with Crippen molar-refractivity contribution in [2.24, 2.45) is 0 Å². The third-order valence-corrected chi connectivity index (χ3v) is 4.35. The van der Waals surface area contributed by atoms with Crippen molar-refractivity contribution in [3.8, 4) is 0 Å². The Morgan fingerprint density at radius 2 is 2.15 bits per heavy atom. The van der Waals surface area contributed by atoms with Gasteiger partial charge < -0.3 is 10.2 Å². The second-order valence-electron chi connectivity index (χ2n) is 6.05. The summed E-state index contributed by atoms with van der Waals surface area (Å²) in [5.74, 6) is -0.0526. The number of carbonyl (C=O) groups is 1. The summed E-state index contributed by atoms with van der Waals surface area (Å²) in [7, 11) is 0. The van der Waals surface area contributed by atoms with Gasteiger partial charge in [-0.2, -0.15) is 18.3 Å². The van der Waals surface area contributed by atoms with Crippen molar-refractivity contribution in [2.75, 3.05) is 16.8 Å². The molecule has 4 heterocycles. The zero-order valence-corrected chi connectivity index (χ0v) is 13.9. The van der Waals surface area contributed by atoms with E-state index in [0.29, 0.717) is 12.2 Å². The van der Waals surface area contributed by atoms with Crippen molar-refractivity contribution in [3.05, 3.63) is 42.6 Å². The van der Waals surface area contributed by atoms with E-state index in [1.54, 1.807) is 0 Å². The first kappa shape index (κ1) is 17.2. The minimum absolute atomic E-state index is 0.0245. The molecule has 27 heavy (non-hydrogen) atoms. The van der Waals surface area contributed by atoms with E-state index in [4.69, 9.17) is 0 Å². The zero-order valence-electron chi connectivity index (χ0n) is 13.9. The predicted octanol–water partition coefficient (Wildman–Crippen LogP) is 2.30. The summed E-state index contributed by atoms with van der Waals surface area (Å²) >= 11 is 0. The molecule has 0 aliphatic carbocycles. The Hall–Kier alpha value is -3.24. The van der Waals surface area contributed by atoms with Crippen LogP contribution in [-0.2, 0) is 0 Å². The van der Waals surface area contributed by atoms with E-state index in [1.807, 2.05) is 0 Å². The van der Waals surface area contributed by atoms with E-state index in [0.717, 1.165) is 0 Å². The first-order chi connectivity index (χ1) is 12.9. The van der Waals surface area contributed by atoms with Crippen LogP contribution in [0.15, 0.2) is 37.1 Å². The molecule has 140 valence electrons. The average molecular weight is 377 g/mol. The van der Waals surface area contributed by atoms with Crippen LogP contribution in [0.1, 0.15) is 23.2 Å². The van der Waals surface area contributed by atoms with Crippen molar-refractivity contribution in [1.82, 2.24) is 24.6 Å². The average Bonchev–Trinajstić information content (AvgIpc) is 3.29. The van der Waals surface area contributed by atoms with Gasteiger partial charge in [0, 0.05) is 18.9 Å². The van der Waals surface area contributed by atoms with Crippen molar-refractivity contribution in [2.45, 2.75) is 25.1 Å². The first-order valence-electron chi connectivity index (χ1n) is 8.18. The van der Waals surface area contributed by atoms with E-state index >= 15 is 0 Å². The highest BCUT2D eigenvalue weighted by Crippen LogP contribution is 2.35. The van der Waals surface area contributed by atoms with Gasteiger partial charge in [-0.25, -0.2) is 19.5 Å². The van der Waals surface area contributed by atoms with Gasteiger partial charge in [0.05, 0.1) is 6.20 Å². The lowest BCUT2D eigenvalue weighted by atomic mass is 10.2. The van der Waals surface area contributed by atoms with E-state index in [1.165, 1.54) is 46.5 Å². The molecule has 1 unspecified atom stereocenters. The Labute approximate surface area is 151 Å². The van der Waals surface area contributed by atoms with Gasteiger partial charge >= 0.3 is 6.18 Å². The molecule has 1 atom stereocenters. The van der Waals surface area contributed by atoms with Crippen LogP contribution >= 0.6 is 0 Å². The molecule has 0 aromatic carbocycles. The van der Waals surface area contributed by atoms with Crippen LogP contribution in [0.5, 0.6) is 0 Å². The molecule has 4 rings (SSSR count). The number of anilines is 2. The molecular weight excluding hydrogens is 363 g/mol. The van der Waals surface area contributed by atoms with Crippen molar-refractivity contribution in [1.29, 1.82) is 0 Å². The number of nitrogens with one attached hydrogen (secondary N) is 1. The van der Waals surface area contributed by atoms with Crippen LogP contribution in [0.25, 0.3) is 5.65 Å². The largest absolute Gasteiger partial charge is 0.408 e. The first-order valence-corrected chi connectivity index (χ1v) is 8.18. The van der Waals surface area contributed by atoms with E-state index in [-0.39, 0.29) is 30.0 Å². The summed E-state index contributed by atoms with van der Waals surface area (Å²) in [5, 5.41) is 6.62. The molecule has 0 bridgehead atoms. The van der Waals surface area contributed by atoms with Crippen molar-refractivity contribution >= 4 is 23.2 Å². The molecule has 1 aliphatic rings. The molecule has 0 radical (unpaired) electrons. The third kappa shape index (κ3) is 3.27. The molecule has 0 saturated carbocycles. The topological polar surface area (TPSA) is 88.3 Å². The number of amides is 1. The molecule has 1 amide bonds. The molecule has 1 N–H and O–H groups in total. The summed E-state index contributed by atoms with van der Waals surface area (Å²) in [6, 6.07) is 1.41. The molecule has 0 spiro atoms. The highest BCUT2D eigenvalue weighted by molar-refractivity contribution is 6.07. The molecule has 3 aromatic heterocycles. The zero-order chi connectivity index (χ0) is 19.0. The number of fused-ring (bicyclic) bond motifs is 1. The van der Waals surface area contributed by atoms with Crippen LogP contribution in [0.3, 0.4) is 0 Å². The van der Waals surface area contributed by atoms with E-state index in [2.05, 4.69) is 25.4 Å². The van der Waals surface area contributed by atoms with Gasteiger partial charge in [-0.1, -0.05) is 0 Å². The molecule has 11 heteroatoms. The standard InChI is InChI=1S/C16H14F3N7O/c17-16(18,19)11-2-1-6-25(11)13-4-7-26-14(24-13)10(8-22-26)15(27)23-12-3-5-20-9-21-12/h3-5,7-9,11H,1-2,6H2,(H,20,21,23,27). The maximum absolute atomic E-state index is 13.2. The number of rotatable bonds is 3. The van der Waals surface area contributed by atoms with Gasteiger partial charge in [-0.3, -0.25) is 4.79 Å². The number of carbonyl (C=O) groups excluding carboxylic acids is 1. The van der Waals surface area contributed by atoms with Crippen LogP contribution < -0.4 is 10.2 Å². The van der Waals surface area contributed by atoms with Crippen molar-refractivity contribution in [3.63, 3.8) is 0 Å². The highest BCUT2D eigenvalue weighted by atomic mass is 19.4. The Morgan fingerprint density at radius 1 is 1.30 bits per heavy atom. The van der Waals surface area contributed by atoms with Gasteiger partial charge in [-0.05, 0) is 25.0 Å². The Balaban J connectivity index is 1.66. The predicted molar refractivity (Wildman–Crippen MR) is 89.4 cm³/mol. The minimum Gasteiger partial charge on any atom is -0.344 e. The summed E-state index contributed by atoms with van der Waals surface area (Å²) in [6.45, 7) is 0.254. The number of aromatic nitrogens is 5. The monoisotopic (exact) mass is 377 g/mol. The van der Waals surface area contributed by atoms with Gasteiger partial charge in [0.2, 0.25) is 0 Å². The second-order valence-corrected chi connectivity index (χ2v) is 6.05. The van der Waals surface area contributed by atoms with Gasteiger partial charge in [0.1, 0.15) is 29.6 Å². The van der Waals surface area contributed by atoms with Crippen molar-refractivity contribution < 1.29 is 18.0 Å². The summed E-state index contributed by atoms with van der Waals surface area (Å²) in [5.41, 5.74) is 0.310. The second kappa shape index (κ2) is 6.49. The normalized spacial score (nSPS) is 17.4. The number of hydrogen-bond acceptors (Lipinski definition) is 6. The fourth-order valence-corrected chi connectivity index (χ4v) is 3.11. The van der Waals surface area contributed by atoms with Gasteiger partial charge in [-0.15, -0.1) is 0 Å².